The van der Waals surface area contributed by atoms with Crippen LogP contribution in [-0.2, 0) is 4.79 Å². The van der Waals surface area contributed by atoms with Crippen LogP contribution in [0.15, 0.2) is 0 Å². The Balaban J connectivity index is 4.50. The van der Waals surface area contributed by atoms with Crippen molar-refractivity contribution < 1.29 is 4.79 Å². The van der Waals surface area contributed by atoms with Crippen LogP contribution in [0, 0.1) is 11.8 Å². The lowest BCUT2D eigenvalue weighted by Crippen LogP contribution is -2.43. The minimum atomic E-state index is -0.0663. The predicted octanol–water partition coefficient (Wildman–Crippen LogP) is 2.45. The van der Waals surface area contributed by atoms with Gasteiger partial charge in [-0.05, 0) is 25.9 Å². The van der Waals surface area contributed by atoms with Gasteiger partial charge in [0.1, 0.15) is 0 Å². The van der Waals surface area contributed by atoms with E-state index in [0.717, 1.165) is 19.6 Å². The van der Waals surface area contributed by atoms with Gasteiger partial charge < -0.3 is 9.80 Å². The van der Waals surface area contributed by atoms with Crippen molar-refractivity contribution in [2.24, 2.45) is 11.8 Å². The first-order chi connectivity index (χ1) is 7.75. The highest BCUT2D eigenvalue weighted by molar-refractivity contribution is 9.10. The van der Waals surface area contributed by atoms with Gasteiger partial charge in [-0.15, -0.1) is 0 Å². The number of hydrogen-bond acceptors (Lipinski definition) is 2. The first kappa shape index (κ1) is 16.9. The number of halogens is 1. The van der Waals surface area contributed by atoms with Gasteiger partial charge in [-0.2, -0.15) is 0 Å². The third kappa shape index (κ3) is 7.04. The van der Waals surface area contributed by atoms with Crippen molar-refractivity contribution in [3.05, 3.63) is 0 Å². The summed E-state index contributed by atoms with van der Waals surface area (Å²) in [6.07, 6.45) is 0. The van der Waals surface area contributed by atoms with Crippen molar-refractivity contribution in [3.8, 4) is 0 Å². The van der Waals surface area contributed by atoms with Gasteiger partial charge in [-0.1, -0.05) is 43.6 Å². The molecule has 0 saturated carbocycles. The van der Waals surface area contributed by atoms with Gasteiger partial charge >= 0.3 is 0 Å². The molecule has 0 aromatic heterocycles. The summed E-state index contributed by atoms with van der Waals surface area (Å²) in [5.41, 5.74) is 0. The van der Waals surface area contributed by atoms with Gasteiger partial charge in [0.2, 0.25) is 5.91 Å². The van der Waals surface area contributed by atoms with Crippen LogP contribution in [0.2, 0.25) is 0 Å². The Morgan fingerprint density at radius 2 is 1.65 bits per heavy atom. The molecule has 17 heavy (non-hydrogen) atoms. The molecule has 102 valence electrons. The standard InChI is InChI=1S/C13H27BrN2O/c1-10(2)9-16(8-7-15(5)6)13(17)12(14)11(3)4/h10-12H,7-9H2,1-6H3. The van der Waals surface area contributed by atoms with E-state index in [1.165, 1.54) is 0 Å². The number of rotatable bonds is 7. The van der Waals surface area contributed by atoms with Gasteiger partial charge in [0, 0.05) is 19.6 Å². The van der Waals surface area contributed by atoms with E-state index in [1.807, 2.05) is 19.0 Å². The molecule has 0 aliphatic rings. The van der Waals surface area contributed by atoms with Gasteiger partial charge in [0.05, 0.1) is 4.83 Å². The number of alkyl halides is 1. The average Bonchev–Trinajstić information content (AvgIpc) is 2.21. The first-order valence-corrected chi connectivity index (χ1v) is 7.24. The highest BCUT2D eigenvalue weighted by Crippen LogP contribution is 2.16. The second kappa shape index (κ2) is 8.09. The minimum absolute atomic E-state index is 0.0663. The molecule has 4 heteroatoms. The van der Waals surface area contributed by atoms with Crippen LogP contribution < -0.4 is 0 Å². The molecule has 0 N–H and O–H groups in total. The molecule has 0 heterocycles. The zero-order valence-electron chi connectivity index (χ0n) is 12.0. The van der Waals surface area contributed by atoms with Crippen LogP contribution in [0.1, 0.15) is 27.7 Å². The van der Waals surface area contributed by atoms with Crippen molar-refractivity contribution >= 4 is 21.8 Å². The zero-order chi connectivity index (χ0) is 13.6. The Morgan fingerprint density at radius 3 is 2.00 bits per heavy atom. The fraction of sp³-hybridized carbons (Fsp3) is 0.923. The lowest BCUT2D eigenvalue weighted by Gasteiger charge is -2.29. The van der Waals surface area contributed by atoms with E-state index in [4.69, 9.17) is 0 Å². The number of carbonyl (C=O) groups excluding carboxylic acids is 1. The molecular formula is C13H27BrN2O. The zero-order valence-corrected chi connectivity index (χ0v) is 13.6. The molecular weight excluding hydrogens is 280 g/mol. The number of carbonyl (C=O) groups is 1. The molecule has 0 aliphatic carbocycles. The van der Waals surface area contributed by atoms with Crippen molar-refractivity contribution in [1.82, 2.24) is 9.80 Å². The number of amides is 1. The summed E-state index contributed by atoms with van der Waals surface area (Å²) in [6, 6.07) is 0. The quantitative estimate of drug-likeness (QED) is 0.675. The summed E-state index contributed by atoms with van der Waals surface area (Å²) >= 11 is 3.50. The Kier molecular flexibility index (Phi) is 8.05. The molecule has 1 atom stereocenters. The number of hydrogen-bond donors (Lipinski definition) is 0. The van der Waals surface area contributed by atoms with Gasteiger partial charge in [0.15, 0.2) is 0 Å². The molecule has 0 aromatic rings. The van der Waals surface area contributed by atoms with Crippen molar-refractivity contribution in [2.75, 3.05) is 33.7 Å². The lowest BCUT2D eigenvalue weighted by atomic mass is 10.1. The molecule has 0 rings (SSSR count). The third-order valence-corrected chi connectivity index (χ3v) is 3.98. The largest absolute Gasteiger partial charge is 0.340 e. The maximum atomic E-state index is 12.3. The van der Waals surface area contributed by atoms with E-state index in [0.29, 0.717) is 11.8 Å². The Morgan fingerprint density at radius 1 is 1.12 bits per heavy atom. The fourth-order valence-corrected chi connectivity index (χ4v) is 1.80. The van der Waals surface area contributed by atoms with Crippen molar-refractivity contribution in [3.63, 3.8) is 0 Å². The predicted molar refractivity (Wildman–Crippen MR) is 77.5 cm³/mol. The molecule has 0 aromatic carbocycles. The highest BCUT2D eigenvalue weighted by Gasteiger charge is 2.24. The molecule has 3 nitrogen and oxygen atoms in total. The molecule has 0 bridgehead atoms. The molecule has 0 spiro atoms. The third-order valence-electron chi connectivity index (χ3n) is 2.54. The van der Waals surface area contributed by atoms with E-state index >= 15 is 0 Å². The maximum Gasteiger partial charge on any atom is 0.236 e. The van der Waals surface area contributed by atoms with Crippen LogP contribution in [0.4, 0.5) is 0 Å². The monoisotopic (exact) mass is 306 g/mol. The molecule has 1 unspecified atom stereocenters. The summed E-state index contributed by atoms with van der Waals surface area (Å²) < 4.78 is 0. The average molecular weight is 307 g/mol. The van der Waals surface area contributed by atoms with E-state index in [-0.39, 0.29) is 10.7 Å². The van der Waals surface area contributed by atoms with Crippen LogP contribution in [0.25, 0.3) is 0 Å². The van der Waals surface area contributed by atoms with Crippen LogP contribution in [-0.4, -0.2) is 54.3 Å². The second-order valence-corrected chi connectivity index (χ2v) is 6.61. The summed E-state index contributed by atoms with van der Waals surface area (Å²) in [5, 5.41) is 0. The molecule has 0 aliphatic heterocycles. The van der Waals surface area contributed by atoms with Gasteiger partial charge in [-0.25, -0.2) is 0 Å². The van der Waals surface area contributed by atoms with Gasteiger partial charge in [0.25, 0.3) is 0 Å². The van der Waals surface area contributed by atoms with Crippen LogP contribution >= 0.6 is 15.9 Å². The van der Waals surface area contributed by atoms with E-state index in [1.54, 1.807) is 0 Å². The van der Waals surface area contributed by atoms with Crippen molar-refractivity contribution in [1.29, 1.82) is 0 Å². The number of likely N-dealkylation sites (N-methyl/N-ethyl adjacent to an activating group) is 1. The fourth-order valence-electron chi connectivity index (χ4n) is 1.51. The first-order valence-electron chi connectivity index (χ1n) is 6.33. The van der Waals surface area contributed by atoms with E-state index in [2.05, 4.69) is 48.5 Å². The SMILES string of the molecule is CC(C)CN(CCN(C)C)C(=O)C(Br)C(C)C. The Hall–Kier alpha value is -0.0900. The summed E-state index contributed by atoms with van der Waals surface area (Å²) in [7, 11) is 4.07. The van der Waals surface area contributed by atoms with Gasteiger partial charge in [-0.3, -0.25) is 4.79 Å². The molecule has 1 amide bonds. The highest BCUT2D eigenvalue weighted by atomic mass is 79.9. The molecule has 0 radical (unpaired) electrons. The summed E-state index contributed by atoms with van der Waals surface area (Å²) in [4.78, 5) is 16.3. The molecule has 0 saturated heterocycles. The Labute approximate surface area is 115 Å². The second-order valence-electron chi connectivity index (χ2n) is 5.63. The smallest absolute Gasteiger partial charge is 0.236 e. The maximum absolute atomic E-state index is 12.3. The lowest BCUT2D eigenvalue weighted by molar-refractivity contribution is -0.131. The summed E-state index contributed by atoms with van der Waals surface area (Å²) in [5.74, 6) is 1.06. The van der Waals surface area contributed by atoms with E-state index in [9.17, 15) is 4.79 Å². The van der Waals surface area contributed by atoms with E-state index < -0.39 is 0 Å². The summed E-state index contributed by atoms with van der Waals surface area (Å²) in [6.45, 7) is 11.0. The minimum Gasteiger partial charge on any atom is -0.340 e. The number of nitrogens with zero attached hydrogens (tertiary/aromatic N) is 2. The van der Waals surface area contributed by atoms with Crippen molar-refractivity contribution in [2.45, 2.75) is 32.5 Å². The van der Waals surface area contributed by atoms with Crippen LogP contribution in [0.5, 0.6) is 0 Å². The van der Waals surface area contributed by atoms with Crippen LogP contribution in [0.3, 0.4) is 0 Å². The Bertz CT molecular complexity index is 229. The topological polar surface area (TPSA) is 23.6 Å². The molecule has 0 fully saturated rings. The normalized spacial score (nSPS) is 13.5.